The average Bonchev–Trinajstić information content (AvgIpc) is 2.14. The lowest BCUT2D eigenvalue weighted by molar-refractivity contribution is -0.170. The summed E-state index contributed by atoms with van der Waals surface area (Å²) < 4.78 is 52.0. The van der Waals surface area contributed by atoms with Crippen LogP contribution in [0, 0.1) is 11.8 Å². The van der Waals surface area contributed by atoms with E-state index in [2.05, 4.69) is 16.6 Å². The first-order valence-electron chi connectivity index (χ1n) is 4.21. The zero-order valence-corrected chi connectivity index (χ0v) is 8.14. The van der Waals surface area contributed by atoms with Crippen LogP contribution in [0.15, 0.2) is 0 Å². The molecule has 1 N–H and O–H groups in total. The van der Waals surface area contributed by atoms with Crippen LogP contribution in [0.2, 0.25) is 0 Å². The summed E-state index contributed by atoms with van der Waals surface area (Å²) in [5.41, 5.74) is 0. The number of hydrogen-bond donors (Lipinski definition) is 1. The Morgan fingerprint density at radius 1 is 1.40 bits per heavy atom. The predicted octanol–water partition coefficient (Wildman–Crippen LogP) is 1.68. The third-order valence-corrected chi connectivity index (χ3v) is 1.44. The summed E-state index contributed by atoms with van der Waals surface area (Å²) in [7, 11) is 0. The van der Waals surface area contributed by atoms with Crippen molar-refractivity contribution in [3.05, 3.63) is 0 Å². The maximum atomic E-state index is 12.3. The monoisotopic (exact) mass is 228 g/mol. The molecule has 0 aliphatic heterocycles. The molecule has 0 rings (SSSR count). The van der Waals surface area contributed by atoms with Crippen molar-refractivity contribution < 1.29 is 27.4 Å². The van der Waals surface area contributed by atoms with Crippen LogP contribution < -0.4 is 0 Å². The molecule has 0 aliphatic carbocycles. The maximum absolute atomic E-state index is 12.3. The van der Waals surface area contributed by atoms with Gasteiger partial charge in [-0.25, -0.2) is 8.78 Å². The van der Waals surface area contributed by atoms with Crippen molar-refractivity contribution in [2.45, 2.75) is 31.8 Å². The summed E-state index contributed by atoms with van der Waals surface area (Å²) in [6.45, 7) is -0.281. The van der Waals surface area contributed by atoms with Crippen LogP contribution in [-0.2, 0) is 4.74 Å². The molecule has 0 bridgehead atoms. The van der Waals surface area contributed by atoms with E-state index in [-0.39, 0.29) is 6.42 Å². The third-order valence-electron chi connectivity index (χ3n) is 1.44. The second-order valence-electron chi connectivity index (χ2n) is 2.86. The highest BCUT2D eigenvalue weighted by atomic mass is 19.3. The second-order valence-corrected chi connectivity index (χ2v) is 2.86. The predicted molar refractivity (Wildman–Crippen MR) is 45.8 cm³/mol. The van der Waals surface area contributed by atoms with Crippen LogP contribution in [0.3, 0.4) is 0 Å². The van der Waals surface area contributed by atoms with Gasteiger partial charge in [0, 0.05) is 6.42 Å². The molecule has 0 aliphatic rings. The van der Waals surface area contributed by atoms with Gasteiger partial charge in [0.1, 0.15) is 6.61 Å². The second kappa shape index (κ2) is 6.64. The molecule has 1 unspecified atom stereocenters. The molecule has 2 nitrogen and oxygen atoms in total. The van der Waals surface area contributed by atoms with Crippen molar-refractivity contribution in [3.8, 4) is 11.8 Å². The first-order valence-corrected chi connectivity index (χ1v) is 4.21. The molecule has 0 aromatic carbocycles. The van der Waals surface area contributed by atoms with Crippen LogP contribution in [0.1, 0.15) is 13.3 Å². The van der Waals surface area contributed by atoms with E-state index in [0.717, 1.165) is 0 Å². The summed E-state index contributed by atoms with van der Waals surface area (Å²) in [5, 5.41) is 9.06. The van der Waals surface area contributed by atoms with Crippen LogP contribution in [0.5, 0.6) is 0 Å². The lowest BCUT2D eigenvalue weighted by Gasteiger charge is -2.16. The number of aliphatic hydroxyl groups excluding tert-OH is 1. The Bertz CT molecular complexity index is 232. The number of ether oxygens (including phenoxy) is 1. The Labute approximate surface area is 85.2 Å². The van der Waals surface area contributed by atoms with Crippen molar-refractivity contribution in [1.29, 1.82) is 0 Å². The Morgan fingerprint density at radius 2 is 2.00 bits per heavy atom. The van der Waals surface area contributed by atoms with Crippen molar-refractivity contribution >= 4 is 0 Å². The first-order chi connectivity index (χ1) is 6.90. The Kier molecular flexibility index (Phi) is 6.29. The van der Waals surface area contributed by atoms with Crippen molar-refractivity contribution in [2.24, 2.45) is 0 Å². The number of aliphatic hydroxyl groups is 1. The number of rotatable bonds is 6. The van der Waals surface area contributed by atoms with Gasteiger partial charge >= 0.3 is 12.3 Å². The van der Waals surface area contributed by atoms with Gasteiger partial charge in [-0.15, -0.1) is 11.8 Å². The third kappa shape index (κ3) is 6.31. The standard InChI is InChI=1S/C9H12F4O2/c1-2-3-4-7(14)5-15-6-9(12,13)8(10)11/h7-8,14H,4-6H2,1H3. The average molecular weight is 228 g/mol. The van der Waals surface area contributed by atoms with Crippen LogP contribution >= 0.6 is 0 Å². The van der Waals surface area contributed by atoms with E-state index in [9.17, 15) is 17.6 Å². The van der Waals surface area contributed by atoms with E-state index >= 15 is 0 Å². The molecule has 0 aromatic heterocycles. The van der Waals surface area contributed by atoms with E-state index in [1.807, 2.05) is 0 Å². The molecule has 6 heteroatoms. The fourth-order valence-corrected chi connectivity index (χ4v) is 0.673. The minimum absolute atomic E-state index is 0.0662. The molecule has 0 fully saturated rings. The van der Waals surface area contributed by atoms with Gasteiger partial charge in [0.2, 0.25) is 0 Å². The lowest BCUT2D eigenvalue weighted by Crippen LogP contribution is -2.33. The minimum atomic E-state index is -4.17. The van der Waals surface area contributed by atoms with Gasteiger partial charge in [0.25, 0.3) is 0 Å². The first kappa shape index (κ1) is 14.2. The molecule has 0 amide bonds. The van der Waals surface area contributed by atoms with Crippen LogP contribution in [0.4, 0.5) is 17.6 Å². The molecular weight excluding hydrogens is 216 g/mol. The smallest absolute Gasteiger partial charge is 0.330 e. The van der Waals surface area contributed by atoms with Gasteiger partial charge in [-0.3, -0.25) is 0 Å². The highest BCUT2D eigenvalue weighted by molar-refractivity contribution is 4.96. The van der Waals surface area contributed by atoms with Gasteiger partial charge in [-0.2, -0.15) is 8.78 Å². The summed E-state index contributed by atoms with van der Waals surface area (Å²) in [6, 6.07) is 0. The summed E-state index contributed by atoms with van der Waals surface area (Å²) in [5.74, 6) is 0.822. The molecule has 0 spiro atoms. The molecule has 0 radical (unpaired) electrons. The van der Waals surface area contributed by atoms with Crippen molar-refractivity contribution in [1.82, 2.24) is 0 Å². The molecule has 1 atom stereocenters. The highest BCUT2D eigenvalue weighted by Crippen LogP contribution is 2.22. The number of alkyl halides is 4. The number of hydrogen-bond acceptors (Lipinski definition) is 2. The van der Waals surface area contributed by atoms with E-state index in [0.29, 0.717) is 0 Å². The lowest BCUT2D eigenvalue weighted by atomic mass is 10.3. The van der Waals surface area contributed by atoms with Gasteiger partial charge in [-0.1, -0.05) is 0 Å². The quantitative estimate of drug-likeness (QED) is 0.553. The molecule has 0 saturated carbocycles. The zero-order chi connectivity index (χ0) is 11.9. The highest BCUT2D eigenvalue weighted by Gasteiger charge is 2.41. The maximum Gasteiger partial charge on any atom is 0.330 e. The Morgan fingerprint density at radius 3 is 2.47 bits per heavy atom. The summed E-state index contributed by atoms with van der Waals surface area (Å²) in [4.78, 5) is 0. The Balaban J connectivity index is 3.72. The van der Waals surface area contributed by atoms with Gasteiger partial charge in [0.05, 0.1) is 12.7 Å². The fraction of sp³-hybridized carbons (Fsp3) is 0.778. The van der Waals surface area contributed by atoms with E-state index in [1.54, 1.807) is 6.92 Å². The molecular formula is C9H12F4O2. The number of halogens is 4. The Hall–Kier alpha value is -0.800. The minimum Gasteiger partial charge on any atom is -0.390 e. The van der Waals surface area contributed by atoms with Gasteiger partial charge in [-0.05, 0) is 6.92 Å². The van der Waals surface area contributed by atoms with Crippen molar-refractivity contribution in [3.63, 3.8) is 0 Å². The van der Waals surface area contributed by atoms with Gasteiger partial charge < -0.3 is 9.84 Å². The zero-order valence-electron chi connectivity index (χ0n) is 8.14. The molecule has 15 heavy (non-hydrogen) atoms. The molecule has 0 saturated heterocycles. The van der Waals surface area contributed by atoms with Crippen molar-refractivity contribution in [2.75, 3.05) is 13.2 Å². The van der Waals surface area contributed by atoms with E-state index < -0.39 is 31.7 Å². The summed E-state index contributed by atoms with van der Waals surface area (Å²) in [6.07, 6.45) is -4.73. The van der Waals surface area contributed by atoms with E-state index in [1.165, 1.54) is 0 Å². The van der Waals surface area contributed by atoms with Crippen LogP contribution in [0.25, 0.3) is 0 Å². The molecule has 0 aromatic rings. The summed E-state index contributed by atoms with van der Waals surface area (Å²) >= 11 is 0. The molecule has 0 heterocycles. The van der Waals surface area contributed by atoms with Crippen LogP contribution in [-0.4, -0.2) is 36.8 Å². The van der Waals surface area contributed by atoms with E-state index in [4.69, 9.17) is 5.11 Å². The molecule has 88 valence electrons. The SMILES string of the molecule is CC#CCC(O)COCC(F)(F)C(F)F. The topological polar surface area (TPSA) is 29.5 Å². The fourth-order valence-electron chi connectivity index (χ4n) is 0.673. The van der Waals surface area contributed by atoms with Gasteiger partial charge in [0.15, 0.2) is 0 Å². The largest absolute Gasteiger partial charge is 0.390 e. The normalized spacial score (nSPS) is 13.5.